The van der Waals surface area contributed by atoms with E-state index in [1.165, 1.54) is 11.8 Å². The number of ether oxygens (including phenoxy) is 2. The first-order chi connectivity index (χ1) is 25.6. The number of carbonyl (C=O) groups excluding carboxylic acids is 2. The first-order valence-electron chi connectivity index (χ1n) is 17.7. The van der Waals surface area contributed by atoms with E-state index in [4.69, 9.17) is 9.47 Å². The van der Waals surface area contributed by atoms with Gasteiger partial charge in [-0.3, -0.25) is 4.79 Å². The molecule has 0 aromatic heterocycles. The van der Waals surface area contributed by atoms with Crippen molar-refractivity contribution >= 4 is 29.7 Å². The first-order valence-corrected chi connectivity index (χ1v) is 18.6. The molecule has 272 valence electrons. The van der Waals surface area contributed by atoms with Gasteiger partial charge in [0.15, 0.2) is 0 Å². The Hall–Kier alpha value is -5.38. The van der Waals surface area contributed by atoms with Crippen molar-refractivity contribution in [2.45, 2.75) is 49.1 Å². The van der Waals surface area contributed by atoms with Crippen LogP contribution in [0.4, 0.5) is 4.79 Å². The molecule has 5 aromatic rings. The molecule has 1 aliphatic carbocycles. The summed E-state index contributed by atoms with van der Waals surface area (Å²) >= 11 is 1.42. The first kappa shape index (κ1) is 37.4. The number of nitrogens with one attached hydrogen (secondary N) is 2. The van der Waals surface area contributed by atoms with E-state index in [2.05, 4.69) is 22.8 Å². The van der Waals surface area contributed by atoms with Crippen LogP contribution in [0.3, 0.4) is 0 Å². The Balaban J connectivity index is 1.21. The van der Waals surface area contributed by atoms with Crippen molar-refractivity contribution < 1.29 is 29.0 Å². The van der Waals surface area contributed by atoms with Crippen molar-refractivity contribution in [3.8, 4) is 11.1 Å². The fourth-order valence-electron chi connectivity index (χ4n) is 6.72. The number of carboxylic acid groups (broad SMARTS) is 1. The average Bonchev–Trinajstić information content (AvgIpc) is 3.49. The molecule has 0 aliphatic heterocycles. The highest BCUT2D eigenvalue weighted by molar-refractivity contribution is 8.00. The highest BCUT2D eigenvalue weighted by atomic mass is 32.2. The van der Waals surface area contributed by atoms with Crippen molar-refractivity contribution in [1.82, 2.24) is 10.6 Å². The van der Waals surface area contributed by atoms with Crippen LogP contribution in [-0.4, -0.2) is 59.7 Å². The number of rotatable bonds is 14. The van der Waals surface area contributed by atoms with E-state index in [1.54, 1.807) is 0 Å². The van der Waals surface area contributed by atoms with E-state index in [0.29, 0.717) is 0 Å². The zero-order chi connectivity index (χ0) is 37.4. The Morgan fingerprint density at radius 1 is 0.660 bits per heavy atom. The second kappa shape index (κ2) is 16.5. The zero-order valence-electron chi connectivity index (χ0n) is 30.0. The second-order valence-corrected chi connectivity index (χ2v) is 15.2. The van der Waals surface area contributed by atoms with E-state index < -0.39 is 40.4 Å². The Kier molecular flexibility index (Phi) is 11.7. The summed E-state index contributed by atoms with van der Waals surface area (Å²) in [4.78, 5) is 40.0. The molecule has 5 aromatic carbocycles. The number of hydrogen-bond acceptors (Lipinski definition) is 6. The van der Waals surface area contributed by atoms with E-state index in [0.717, 1.165) is 38.9 Å². The van der Waals surface area contributed by atoms with Crippen LogP contribution in [0.25, 0.3) is 11.1 Å². The predicted molar refractivity (Wildman–Crippen MR) is 209 cm³/mol. The standard InChI is InChI=1S/C44H44N2O6S/c1-43(2,3)52-28-38(46-42(50)51-27-37-35-25-15-13-23-33(35)34-24-14-16-26-36(34)37)40(47)45-39(41(48)49)29-53-44(30-17-7-4-8-18-30,31-19-9-5-10-20-31)32-21-11-6-12-22-32/h4-26,37-39H,27-29H2,1-3H3,(H,45,47)(H,46,50)(H,48,49)/t38-,39-/m0/s1. The summed E-state index contributed by atoms with van der Waals surface area (Å²) in [5, 5.41) is 15.8. The third-order valence-electron chi connectivity index (χ3n) is 9.26. The van der Waals surface area contributed by atoms with E-state index in [-0.39, 0.29) is 24.9 Å². The number of benzene rings is 5. The van der Waals surface area contributed by atoms with Crippen LogP contribution in [-0.2, 0) is 23.8 Å². The lowest BCUT2D eigenvalue weighted by Gasteiger charge is -2.36. The third-order valence-corrected chi connectivity index (χ3v) is 10.9. The van der Waals surface area contributed by atoms with Crippen LogP contribution in [0.2, 0.25) is 0 Å². The number of amides is 2. The minimum atomic E-state index is -1.30. The molecule has 2 atom stereocenters. The monoisotopic (exact) mass is 728 g/mol. The molecule has 0 fully saturated rings. The van der Waals surface area contributed by atoms with Gasteiger partial charge in [-0.2, -0.15) is 0 Å². The molecule has 0 bridgehead atoms. The SMILES string of the molecule is CC(C)(C)OC[C@H](NC(=O)OCC1c2ccccc2-c2ccccc21)C(=O)N[C@@H](CSC(c1ccccc1)(c1ccccc1)c1ccccc1)C(=O)O. The van der Waals surface area contributed by atoms with Gasteiger partial charge in [-0.1, -0.05) is 140 Å². The Morgan fingerprint density at radius 3 is 1.57 bits per heavy atom. The van der Waals surface area contributed by atoms with Crippen molar-refractivity contribution in [3.05, 3.63) is 167 Å². The van der Waals surface area contributed by atoms with Crippen LogP contribution in [0.5, 0.6) is 0 Å². The molecule has 0 saturated carbocycles. The maximum Gasteiger partial charge on any atom is 0.407 e. The van der Waals surface area contributed by atoms with Crippen molar-refractivity contribution in [3.63, 3.8) is 0 Å². The largest absolute Gasteiger partial charge is 0.480 e. The van der Waals surface area contributed by atoms with Gasteiger partial charge in [0.2, 0.25) is 5.91 Å². The van der Waals surface area contributed by atoms with Gasteiger partial charge in [-0.05, 0) is 59.7 Å². The third kappa shape index (κ3) is 8.64. The molecule has 53 heavy (non-hydrogen) atoms. The van der Waals surface area contributed by atoms with Gasteiger partial charge >= 0.3 is 12.1 Å². The number of thioether (sulfide) groups is 1. The second-order valence-electron chi connectivity index (χ2n) is 13.9. The van der Waals surface area contributed by atoms with Gasteiger partial charge in [-0.25, -0.2) is 9.59 Å². The molecule has 0 heterocycles. The van der Waals surface area contributed by atoms with Gasteiger partial charge in [-0.15, -0.1) is 11.8 Å². The highest BCUT2D eigenvalue weighted by Gasteiger charge is 2.39. The molecule has 6 rings (SSSR count). The number of aliphatic carboxylic acids is 1. The lowest BCUT2D eigenvalue weighted by atomic mass is 9.84. The molecule has 0 unspecified atom stereocenters. The fraction of sp³-hybridized carbons (Fsp3) is 0.250. The molecular formula is C44H44N2O6S. The Labute approximate surface area is 314 Å². The van der Waals surface area contributed by atoms with Gasteiger partial charge in [0.25, 0.3) is 0 Å². The molecule has 0 radical (unpaired) electrons. The maximum absolute atomic E-state index is 13.9. The minimum Gasteiger partial charge on any atom is -0.480 e. The fourth-order valence-corrected chi connectivity index (χ4v) is 8.27. The molecule has 3 N–H and O–H groups in total. The Bertz CT molecular complexity index is 1870. The number of carboxylic acids is 1. The number of carbonyl (C=O) groups is 3. The van der Waals surface area contributed by atoms with Gasteiger partial charge in [0.05, 0.1) is 17.0 Å². The summed E-state index contributed by atoms with van der Waals surface area (Å²) < 4.78 is 10.9. The quantitative estimate of drug-likeness (QED) is 0.0994. The summed E-state index contributed by atoms with van der Waals surface area (Å²) in [6.45, 7) is 5.37. The summed E-state index contributed by atoms with van der Waals surface area (Å²) in [6, 6.07) is 43.3. The topological polar surface area (TPSA) is 114 Å². The molecule has 2 amide bonds. The molecule has 1 aliphatic rings. The number of alkyl carbamates (subject to hydrolysis) is 1. The number of hydrogen-bond donors (Lipinski definition) is 3. The van der Waals surface area contributed by atoms with Crippen molar-refractivity contribution in [2.75, 3.05) is 19.0 Å². The maximum atomic E-state index is 13.9. The summed E-state index contributed by atoms with van der Waals surface area (Å²) in [5.41, 5.74) is 6.58. The zero-order valence-corrected chi connectivity index (χ0v) is 30.8. The summed E-state index contributed by atoms with van der Waals surface area (Å²) in [7, 11) is 0. The van der Waals surface area contributed by atoms with Crippen LogP contribution in [0, 0.1) is 0 Å². The van der Waals surface area contributed by atoms with Crippen LogP contribution >= 0.6 is 11.8 Å². The van der Waals surface area contributed by atoms with E-state index in [1.807, 2.05) is 148 Å². The summed E-state index contributed by atoms with van der Waals surface area (Å²) in [6.07, 6.45) is -0.804. The minimum absolute atomic E-state index is 0.0115. The summed E-state index contributed by atoms with van der Waals surface area (Å²) in [5.74, 6) is -2.05. The van der Waals surface area contributed by atoms with Crippen LogP contribution in [0.1, 0.15) is 54.5 Å². The molecule has 8 nitrogen and oxygen atoms in total. The van der Waals surface area contributed by atoms with Crippen molar-refractivity contribution in [2.24, 2.45) is 0 Å². The average molecular weight is 729 g/mol. The lowest BCUT2D eigenvalue weighted by Crippen LogP contribution is -2.55. The lowest BCUT2D eigenvalue weighted by molar-refractivity contribution is -0.142. The van der Waals surface area contributed by atoms with Gasteiger partial charge in [0.1, 0.15) is 18.7 Å². The van der Waals surface area contributed by atoms with Crippen molar-refractivity contribution in [1.29, 1.82) is 0 Å². The van der Waals surface area contributed by atoms with Crippen LogP contribution in [0.15, 0.2) is 140 Å². The van der Waals surface area contributed by atoms with E-state index in [9.17, 15) is 19.5 Å². The molecule has 0 spiro atoms. The van der Waals surface area contributed by atoms with E-state index >= 15 is 0 Å². The van der Waals surface area contributed by atoms with Gasteiger partial charge in [0, 0.05) is 11.7 Å². The highest BCUT2D eigenvalue weighted by Crippen LogP contribution is 2.49. The predicted octanol–water partition coefficient (Wildman–Crippen LogP) is 8.00. The smallest absolute Gasteiger partial charge is 0.407 e. The Morgan fingerprint density at radius 2 is 1.11 bits per heavy atom. The molecule has 9 heteroatoms. The molecular weight excluding hydrogens is 685 g/mol. The number of fused-ring (bicyclic) bond motifs is 3. The molecule has 0 saturated heterocycles. The van der Waals surface area contributed by atoms with Gasteiger partial charge < -0.3 is 25.2 Å². The van der Waals surface area contributed by atoms with Crippen LogP contribution < -0.4 is 10.6 Å². The normalized spacial score (nSPS) is 13.6.